The van der Waals surface area contributed by atoms with Crippen LogP contribution >= 0.6 is 0 Å². The average Bonchev–Trinajstić information content (AvgIpc) is 2.71. The van der Waals surface area contributed by atoms with Gasteiger partial charge in [0, 0.05) is 0 Å². The van der Waals surface area contributed by atoms with Crippen LogP contribution in [0, 0.1) is 6.92 Å². The number of hydrogen-bond acceptors (Lipinski definition) is 4. The standard InChI is InChI=1S/C13H16O4/c1-8-6-4-5-7-10(8)11-12(13(14)15-3)17-9(2)16-11/h4-7,9,11-12H,1-3H3/t9?,11-,12?/m1/s1. The van der Waals surface area contributed by atoms with Gasteiger partial charge in [-0.25, -0.2) is 4.79 Å². The minimum atomic E-state index is -0.684. The number of benzene rings is 1. The molecule has 4 nitrogen and oxygen atoms in total. The van der Waals surface area contributed by atoms with E-state index in [1.165, 1.54) is 7.11 Å². The molecule has 0 spiro atoms. The topological polar surface area (TPSA) is 44.8 Å². The number of rotatable bonds is 2. The molecular formula is C13H16O4. The number of carbonyl (C=O) groups excluding carboxylic acids is 1. The van der Waals surface area contributed by atoms with Crippen LogP contribution in [0.4, 0.5) is 0 Å². The Kier molecular flexibility index (Phi) is 3.45. The highest BCUT2D eigenvalue weighted by Crippen LogP contribution is 2.34. The lowest BCUT2D eigenvalue weighted by atomic mass is 10.00. The third-order valence-corrected chi connectivity index (χ3v) is 2.88. The lowest BCUT2D eigenvalue weighted by molar-refractivity contribution is -0.153. The summed E-state index contributed by atoms with van der Waals surface area (Å²) >= 11 is 0. The predicted octanol–water partition coefficient (Wildman–Crippen LogP) is 1.97. The van der Waals surface area contributed by atoms with Gasteiger partial charge in [-0.15, -0.1) is 0 Å². The van der Waals surface area contributed by atoms with Gasteiger partial charge >= 0.3 is 5.97 Å². The Morgan fingerprint density at radius 2 is 2.00 bits per heavy atom. The molecule has 0 aromatic heterocycles. The summed E-state index contributed by atoms with van der Waals surface area (Å²) in [5.74, 6) is -0.400. The molecule has 1 fully saturated rings. The summed E-state index contributed by atoms with van der Waals surface area (Å²) in [5.41, 5.74) is 2.04. The Balaban J connectivity index is 2.30. The maximum absolute atomic E-state index is 11.6. The molecule has 0 radical (unpaired) electrons. The second kappa shape index (κ2) is 4.85. The molecule has 1 aromatic carbocycles. The second-order valence-corrected chi connectivity index (χ2v) is 4.06. The molecule has 0 N–H and O–H groups in total. The van der Waals surface area contributed by atoms with Gasteiger partial charge in [-0.05, 0) is 25.0 Å². The van der Waals surface area contributed by atoms with Crippen LogP contribution in [-0.2, 0) is 19.0 Å². The van der Waals surface area contributed by atoms with E-state index in [4.69, 9.17) is 14.2 Å². The van der Waals surface area contributed by atoms with E-state index in [-0.39, 0.29) is 0 Å². The summed E-state index contributed by atoms with van der Waals surface area (Å²) < 4.78 is 15.8. The van der Waals surface area contributed by atoms with Crippen molar-refractivity contribution in [3.63, 3.8) is 0 Å². The van der Waals surface area contributed by atoms with Crippen LogP contribution in [0.3, 0.4) is 0 Å². The van der Waals surface area contributed by atoms with E-state index in [1.54, 1.807) is 6.92 Å². The van der Waals surface area contributed by atoms with Gasteiger partial charge in [-0.1, -0.05) is 24.3 Å². The van der Waals surface area contributed by atoms with E-state index in [9.17, 15) is 4.79 Å². The number of ether oxygens (including phenoxy) is 3. The fraction of sp³-hybridized carbons (Fsp3) is 0.462. The van der Waals surface area contributed by atoms with Gasteiger partial charge in [0.2, 0.25) is 0 Å². The van der Waals surface area contributed by atoms with Crippen LogP contribution in [0.15, 0.2) is 24.3 Å². The monoisotopic (exact) mass is 236 g/mol. The van der Waals surface area contributed by atoms with Gasteiger partial charge < -0.3 is 14.2 Å². The number of aryl methyl sites for hydroxylation is 1. The van der Waals surface area contributed by atoms with Crippen LogP contribution in [0.5, 0.6) is 0 Å². The molecular weight excluding hydrogens is 220 g/mol. The van der Waals surface area contributed by atoms with Crippen molar-refractivity contribution in [3.8, 4) is 0 Å². The van der Waals surface area contributed by atoms with E-state index in [1.807, 2.05) is 31.2 Å². The Hall–Kier alpha value is -1.39. The van der Waals surface area contributed by atoms with Crippen molar-refractivity contribution in [2.24, 2.45) is 0 Å². The Morgan fingerprint density at radius 3 is 2.65 bits per heavy atom. The van der Waals surface area contributed by atoms with Crippen molar-refractivity contribution in [2.45, 2.75) is 32.3 Å². The van der Waals surface area contributed by atoms with Gasteiger partial charge in [0.25, 0.3) is 0 Å². The van der Waals surface area contributed by atoms with Gasteiger partial charge in [0.05, 0.1) is 7.11 Å². The van der Waals surface area contributed by atoms with E-state index in [2.05, 4.69) is 0 Å². The Labute approximate surface area is 100 Å². The molecule has 1 aliphatic heterocycles. The summed E-state index contributed by atoms with van der Waals surface area (Å²) in [6, 6.07) is 7.79. The van der Waals surface area contributed by atoms with Crippen LogP contribution in [0.1, 0.15) is 24.2 Å². The van der Waals surface area contributed by atoms with Gasteiger partial charge in [0.1, 0.15) is 6.10 Å². The summed E-state index contributed by atoms with van der Waals surface area (Å²) in [6.45, 7) is 3.75. The molecule has 0 aliphatic carbocycles. The molecule has 1 aromatic rings. The van der Waals surface area contributed by atoms with E-state index >= 15 is 0 Å². The lowest BCUT2D eigenvalue weighted by Crippen LogP contribution is -2.27. The molecule has 0 bridgehead atoms. The first-order valence-electron chi connectivity index (χ1n) is 5.57. The Bertz CT molecular complexity index is 416. The summed E-state index contributed by atoms with van der Waals surface area (Å²) in [4.78, 5) is 11.6. The zero-order valence-electron chi connectivity index (χ0n) is 10.2. The maximum Gasteiger partial charge on any atom is 0.338 e. The first kappa shape index (κ1) is 12.1. The highest BCUT2D eigenvalue weighted by molar-refractivity contribution is 5.76. The van der Waals surface area contributed by atoms with Gasteiger partial charge in [-0.2, -0.15) is 0 Å². The lowest BCUT2D eigenvalue weighted by Gasteiger charge is -2.16. The van der Waals surface area contributed by atoms with Gasteiger partial charge in [0.15, 0.2) is 12.4 Å². The molecule has 4 heteroatoms. The van der Waals surface area contributed by atoms with E-state index in [0.29, 0.717) is 0 Å². The molecule has 3 atom stereocenters. The van der Waals surface area contributed by atoms with Crippen LogP contribution < -0.4 is 0 Å². The number of carbonyl (C=O) groups is 1. The quantitative estimate of drug-likeness (QED) is 0.736. The fourth-order valence-electron chi connectivity index (χ4n) is 2.03. The summed E-state index contributed by atoms with van der Waals surface area (Å²) in [7, 11) is 1.35. The van der Waals surface area contributed by atoms with Gasteiger partial charge in [-0.3, -0.25) is 0 Å². The molecule has 0 amide bonds. The molecule has 92 valence electrons. The third kappa shape index (κ3) is 2.33. The first-order chi connectivity index (χ1) is 8.13. The minimum Gasteiger partial charge on any atom is -0.467 e. The van der Waals surface area contributed by atoms with Crippen molar-refractivity contribution in [1.82, 2.24) is 0 Å². The SMILES string of the molecule is COC(=O)C1OC(C)O[C@@H]1c1ccccc1C. The predicted molar refractivity (Wildman–Crippen MR) is 61.4 cm³/mol. The number of methoxy groups -OCH3 is 1. The number of hydrogen-bond donors (Lipinski definition) is 0. The summed E-state index contributed by atoms with van der Waals surface area (Å²) in [6.07, 6.45) is -1.47. The van der Waals surface area contributed by atoms with Crippen molar-refractivity contribution < 1.29 is 19.0 Å². The van der Waals surface area contributed by atoms with Crippen molar-refractivity contribution >= 4 is 5.97 Å². The fourth-order valence-corrected chi connectivity index (χ4v) is 2.03. The number of esters is 1. The van der Waals surface area contributed by atoms with Crippen LogP contribution in [0.25, 0.3) is 0 Å². The molecule has 1 saturated heterocycles. The van der Waals surface area contributed by atoms with Crippen molar-refractivity contribution in [2.75, 3.05) is 7.11 Å². The highest BCUT2D eigenvalue weighted by Gasteiger charge is 2.41. The largest absolute Gasteiger partial charge is 0.467 e. The van der Waals surface area contributed by atoms with Crippen LogP contribution in [-0.4, -0.2) is 25.5 Å². The smallest absolute Gasteiger partial charge is 0.338 e. The molecule has 2 rings (SSSR count). The maximum atomic E-state index is 11.6. The van der Waals surface area contributed by atoms with Crippen LogP contribution in [0.2, 0.25) is 0 Å². The minimum absolute atomic E-state index is 0.390. The summed E-state index contributed by atoms with van der Waals surface area (Å²) in [5, 5.41) is 0. The average molecular weight is 236 g/mol. The van der Waals surface area contributed by atoms with E-state index in [0.717, 1.165) is 11.1 Å². The Morgan fingerprint density at radius 1 is 1.29 bits per heavy atom. The highest BCUT2D eigenvalue weighted by atomic mass is 16.7. The zero-order chi connectivity index (χ0) is 12.4. The second-order valence-electron chi connectivity index (χ2n) is 4.06. The third-order valence-electron chi connectivity index (χ3n) is 2.88. The molecule has 0 saturated carbocycles. The molecule has 1 aliphatic rings. The molecule has 1 heterocycles. The first-order valence-corrected chi connectivity index (χ1v) is 5.57. The van der Waals surface area contributed by atoms with E-state index < -0.39 is 24.5 Å². The normalized spacial score (nSPS) is 28.1. The molecule has 2 unspecified atom stereocenters. The molecule has 17 heavy (non-hydrogen) atoms. The van der Waals surface area contributed by atoms with Crippen molar-refractivity contribution in [3.05, 3.63) is 35.4 Å². The van der Waals surface area contributed by atoms with Crippen molar-refractivity contribution in [1.29, 1.82) is 0 Å². The zero-order valence-corrected chi connectivity index (χ0v) is 10.2.